The molecule has 1 aliphatic heterocycles. The van der Waals surface area contributed by atoms with E-state index in [9.17, 15) is 14.4 Å². The first-order valence-corrected chi connectivity index (χ1v) is 5.23. The van der Waals surface area contributed by atoms with Gasteiger partial charge in [-0.3, -0.25) is 20.2 Å². The van der Waals surface area contributed by atoms with Crippen molar-refractivity contribution in [3.63, 3.8) is 0 Å². The Labute approximate surface area is 100.0 Å². The zero-order valence-corrected chi connectivity index (χ0v) is 10.1. The van der Waals surface area contributed by atoms with Crippen LogP contribution in [-0.2, 0) is 9.59 Å². The van der Waals surface area contributed by atoms with Crippen LogP contribution < -0.4 is 10.6 Å². The average molecular weight is 236 g/mol. The Morgan fingerprint density at radius 2 is 1.35 bits per heavy atom. The fourth-order valence-electron chi connectivity index (χ4n) is 1.99. The van der Waals surface area contributed by atoms with Gasteiger partial charge in [-0.05, 0) is 26.7 Å². The lowest BCUT2D eigenvalue weighted by atomic mass is 9.74. The summed E-state index contributed by atoms with van der Waals surface area (Å²) in [5, 5.41) is 4.24. The van der Waals surface area contributed by atoms with Crippen molar-refractivity contribution in [3.05, 3.63) is 24.3 Å². The Kier molecular flexibility index (Phi) is 3.50. The largest absolute Gasteiger partial charge is 0.328 e. The molecule has 0 radical (unpaired) electrons. The second kappa shape index (κ2) is 4.53. The van der Waals surface area contributed by atoms with Crippen molar-refractivity contribution in [3.8, 4) is 0 Å². The Bertz CT molecular complexity index is 385. The zero-order chi connectivity index (χ0) is 13.2. The molecule has 1 aliphatic rings. The quantitative estimate of drug-likeness (QED) is 0.570. The van der Waals surface area contributed by atoms with Crippen LogP contribution in [0, 0.1) is 5.41 Å². The third kappa shape index (κ3) is 2.61. The van der Waals surface area contributed by atoms with Gasteiger partial charge in [-0.15, -0.1) is 13.2 Å². The van der Waals surface area contributed by atoms with Crippen molar-refractivity contribution in [2.75, 3.05) is 0 Å². The van der Waals surface area contributed by atoms with E-state index in [2.05, 4.69) is 23.8 Å². The molecular formula is C12H16N2O3. The second-order valence-electron chi connectivity index (χ2n) is 4.59. The van der Waals surface area contributed by atoms with Crippen LogP contribution in [0.3, 0.4) is 0 Å². The van der Waals surface area contributed by atoms with Crippen LogP contribution in [-0.4, -0.2) is 17.8 Å². The molecule has 5 heteroatoms. The van der Waals surface area contributed by atoms with Crippen LogP contribution in [0.1, 0.15) is 26.7 Å². The lowest BCUT2D eigenvalue weighted by molar-refractivity contribution is -0.144. The molecular weight excluding hydrogens is 220 g/mol. The van der Waals surface area contributed by atoms with Crippen LogP contribution in [0.25, 0.3) is 0 Å². The summed E-state index contributed by atoms with van der Waals surface area (Å²) in [5.74, 6) is -1.17. The highest BCUT2D eigenvalue weighted by atomic mass is 16.2. The van der Waals surface area contributed by atoms with Gasteiger partial charge in [0.05, 0.1) is 0 Å². The Morgan fingerprint density at radius 3 is 1.65 bits per heavy atom. The molecule has 1 fully saturated rings. The minimum absolute atomic E-state index is 0.199. The van der Waals surface area contributed by atoms with Gasteiger partial charge >= 0.3 is 6.03 Å². The number of imide groups is 2. The first-order chi connectivity index (χ1) is 7.78. The Morgan fingerprint density at radius 1 is 1.00 bits per heavy atom. The third-order valence-corrected chi connectivity index (χ3v) is 2.53. The number of carbonyl (C=O) groups is 3. The van der Waals surface area contributed by atoms with E-state index in [1.807, 2.05) is 0 Å². The van der Waals surface area contributed by atoms with Crippen molar-refractivity contribution >= 4 is 17.8 Å². The number of nitrogens with one attached hydrogen (secondary N) is 2. The number of hydrogen-bond donors (Lipinski definition) is 2. The molecule has 0 aromatic rings. The molecule has 1 saturated heterocycles. The first-order valence-electron chi connectivity index (χ1n) is 5.23. The number of amides is 4. The van der Waals surface area contributed by atoms with Crippen LogP contribution in [0.5, 0.6) is 0 Å². The molecule has 2 N–H and O–H groups in total. The number of urea groups is 1. The molecule has 0 saturated carbocycles. The smallest absolute Gasteiger partial charge is 0.277 e. The summed E-state index contributed by atoms with van der Waals surface area (Å²) >= 11 is 0. The highest BCUT2D eigenvalue weighted by molar-refractivity contribution is 6.19. The first kappa shape index (κ1) is 13.2. The third-order valence-electron chi connectivity index (χ3n) is 2.53. The molecule has 0 aliphatic carbocycles. The summed E-state index contributed by atoms with van der Waals surface area (Å²) in [7, 11) is 0. The van der Waals surface area contributed by atoms with Crippen molar-refractivity contribution < 1.29 is 14.4 Å². The van der Waals surface area contributed by atoms with Gasteiger partial charge in [0.2, 0.25) is 11.8 Å². The molecule has 0 unspecified atom stereocenters. The van der Waals surface area contributed by atoms with Gasteiger partial charge in [0.25, 0.3) is 0 Å². The van der Waals surface area contributed by atoms with E-state index in [4.69, 9.17) is 0 Å². The van der Waals surface area contributed by atoms with Gasteiger partial charge in [-0.2, -0.15) is 0 Å². The molecule has 5 nitrogen and oxygen atoms in total. The highest BCUT2D eigenvalue weighted by Gasteiger charge is 2.49. The van der Waals surface area contributed by atoms with Crippen molar-refractivity contribution in [2.24, 2.45) is 5.41 Å². The van der Waals surface area contributed by atoms with E-state index < -0.39 is 23.3 Å². The van der Waals surface area contributed by atoms with E-state index in [1.54, 1.807) is 13.8 Å². The fourth-order valence-corrected chi connectivity index (χ4v) is 1.99. The second-order valence-corrected chi connectivity index (χ2v) is 4.59. The molecule has 0 aromatic heterocycles. The van der Waals surface area contributed by atoms with Gasteiger partial charge in [0, 0.05) is 0 Å². The number of rotatable bonds is 4. The van der Waals surface area contributed by atoms with Gasteiger partial charge in [-0.25, -0.2) is 4.79 Å². The van der Waals surface area contributed by atoms with Crippen molar-refractivity contribution in [1.82, 2.24) is 10.6 Å². The Hall–Kier alpha value is -1.91. The van der Waals surface area contributed by atoms with E-state index in [1.165, 1.54) is 0 Å². The average Bonchev–Trinajstić information content (AvgIpc) is 2.12. The number of allylic oxidation sites excluding steroid dienone is 2. The lowest BCUT2D eigenvalue weighted by Gasteiger charge is -2.34. The monoisotopic (exact) mass is 236 g/mol. The number of barbiturate groups is 1. The molecule has 0 aromatic carbocycles. The predicted molar refractivity (Wildman–Crippen MR) is 63.0 cm³/mol. The predicted octanol–water partition coefficient (Wildman–Crippen LogP) is 1.27. The molecule has 0 bridgehead atoms. The molecule has 1 rings (SSSR count). The molecule has 92 valence electrons. The summed E-state index contributed by atoms with van der Waals surface area (Å²) in [5.41, 5.74) is 0.0998. The van der Waals surface area contributed by atoms with E-state index in [0.29, 0.717) is 11.1 Å². The standard InChI is InChI=1S/C12H16N2O3/c1-7(2)5-12(6-8(3)4)9(15)13-11(17)14-10(12)16/h1,3,5-6H2,2,4H3,(H2,13,14,15,16,17). The minimum Gasteiger partial charge on any atom is -0.277 e. The number of carbonyl (C=O) groups excluding carboxylic acids is 3. The summed E-state index contributed by atoms with van der Waals surface area (Å²) < 4.78 is 0. The van der Waals surface area contributed by atoms with Crippen molar-refractivity contribution in [1.29, 1.82) is 0 Å². The van der Waals surface area contributed by atoms with Crippen LogP contribution in [0.15, 0.2) is 24.3 Å². The maximum Gasteiger partial charge on any atom is 0.328 e. The highest BCUT2D eigenvalue weighted by Crippen LogP contribution is 2.34. The van der Waals surface area contributed by atoms with Crippen LogP contribution >= 0.6 is 0 Å². The summed E-state index contributed by atoms with van der Waals surface area (Å²) in [4.78, 5) is 34.9. The van der Waals surface area contributed by atoms with E-state index in [-0.39, 0.29) is 12.8 Å². The maximum atomic E-state index is 11.9. The SMILES string of the molecule is C=C(C)CC1(CC(=C)C)C(=O)NC(=O)NC1=O. The van der Waals surface area contributed by atoms with Gasteiger partial charge < -0.3 is 0 Å². The maximum absolute atomic E-state index is 11.9. The molecule has 17 heavy (non-hydrogen) atoms. The van der Waals surface area contributed by atoms with E-state index >= 15 is 0 Å². The van der Waals surface area contributed by atoms with Gasteiger partial charge in [0.1, 0.15) is 5.41 Å². The normalized spacial score (nSPS) is 18.4. The zero-order valence-electron chi connectivity index (χ0n) is 10.1. The lowest BCUT2D eigenvalue weighted by Crippen LogP contribution is -2.62. The van der Waals surface area contributed by atoms with Crippen LogP contribution in [0.4, 0.5) is 4.79 Å². The molecule has 4 amide bonds. The van der Waals surface area contributed by atoms with Gasteiger partial charge in [-0.1, -0.05) is 11.1 Å². The fraction of sp³-hybridized carbons (Fsp3) is 0.417. The van der Waals surface area contributed by atoms with Crippen LogP contribution in [0.2, 0.25) is 0 Å². The van der Waals surface area contributed by atoms with E-state index in [0.717, 1.165) is 0 Å². The summed E-state index contributed by atoms with van der Waals surface area (Å²) in [6, 6.07) is -0.779. The van der Waals surface area contributed by atoms with Crippen molar-refractivity contribution in [2.45, 2.75) is 26.7 Å². The molecule has 0 spiro atoms. The van der Waals surface area contributed by atoms with Gasteiger partial charge in [0.15, 0.2) is 0 Å². The Balaban J connectivity index is 3.14. The number of hydrogen-bond acceptors (Lipinski definition) is 3. The molecule has 1 heterocycles. The minimum atomic E-state index is -1.30. The topological polar surface area (TPSA) is 75.3 Å². The summed E-state index contributed by atoms with van der Waals surface area (Å²) in [6.07, 6.45) is 0.398. The molecule has 0 atom stereocenters. The summed E-state index contributed by atoms with van der Waals surface area (Å²) in [6.45, 7) is 10.9.